The Bertz CT molecular complexity index is 1260. The molecular weight excluding hydrogens is 458 g/mol. The first-order valence-corrected chi connectivity index (χ1v) is 12.4. The van der Waals surface area contributed by atoms with Crippen LogP contribution in [0.15, 0.2) is 48.5 Å². The predicted molar refractivity (Wildman–Crippen MR) is 134 cm³/mol. The van der Waals surface area contributed by atoms with Gasteiger partial charge in [0, 0.05) is 24.2 Å². The summed E-state index contributed by atoms with van der Waals surface area (Å²) in [5.74, 6) is 3.62. The van der Waals surface area contributed by atoms with Gasteiger partial charge in [-0.1, -0.05) is 36.4 Å². The quantitative estimate of drug-likeness (QED) is 0.470. The lowest BCUT2D eigenvalue weighted by Crippen LogP contribution is -2.40. The van der Waals surface area contributed by atoms with E-state index in [1.54, 1.807) is 21.3 Å². The minimum absolute atomic E-state index is 0.0544. The highest BCUT2D eigenvalue weighted by molar-refractivity contribution is 5.63. The molecule has 0 spiro atoms. The SMILES string of the molecule is COc1ccc2c(c1OC)CO[C@@H]2[C@H]1c2c(cc3c(c2OC)OCO3)CCN1CCc1ccccc1. The van der Waals surface area contributed by atoms with Gasteiger partial charge in [-0.3, -0.25) is 4.90 Å². The van der Waals surface area contributed by atoms with E-state index in [0.717, 1.165) is 59.9 Å². The highest BCUT2D eigenvalue weighted by Gasteiger charge is 2.43. The lowest BCUT2D eigenvalue weighted by atomic mass is 9.85. The lowest BCUT2D eigenvalue weighted by Gasteiger charge is -2.41. The van der Waals surface area contributed by atoms with E-state index in [9.17, 15) is 0 Å². The van der Waals surface area contributed by atoms with Crippen molar-refractivity contribution in [1.82, 2.24) is 4.90 Å². The Morgan fingerprint density at radius 2 is 1.78 bits per heavy atom. The molecule has 0 saturated carbocycles. The first-order chi connectivity index (χ1) is 17.7. The van der Waals surface area contributed by atoms with Crippen molar-refractivity contribution in [1.29, 1.82) is 0 Å². The number of rotatable bonds is 7. The molecule has 0 saturated heterocycles. The van der Waals surface area contributed by atoms with Gasteiger partial charge in [-0.25, -0.2) is 0 Å². The Morgan fingerprint density at radius 3 is 2.56 bits per heavy atom. The van der Waals surface area contributed by atoms with Crippen LogP contribution in [-0.4, -0.2) is 46.1 Å². The van der Waals surface area contributed by atoms with Crippen LogP contribution in [0, 0.1) is 0 Å². The Balaban J connectivity index is 1.45. The van der Waals surface area contributed by atoms with Crippen molar-refractivity contribution in [2.24, 2.45) is 0 Å². The van der Waals surface area contributed by atoms with Crippen molar-refractivity contribution in [2.75, 3.05) is 41.2 Å². The van der Waals surface area contributed by atoms with Gasteiger partial charge >= 0.3 is 0 Å². The Kier molecular flexibility index (Phi) is 6.11. The number of nitrogens with zero attached hydrogens (tertiary/aromatic N) is 1. The summed E-state index contributed by atoms with van der Waals surface area (Å²) in [6.45, 7) is 2.48. The molecule has 6 rings (SSSR count). The molecule has 2 atom stereocenters. The lowest BCUT2D eigenvalue weighted by molar-refractivity contribution is -0.0132. The van der Waals surface area contributed by atoms with Gasteiger partial charge in [-0.05, 0) is 41.7 Å². The summed E-state index contributed by atoms with van der Waals surface area (Å²) in [5.41, 5.74) is 5.81. The molecule has 0 aromatic heterocycles. The maximum atomic E-state index is 6.56. The second-order valence-electron chi connectivity index (χ2n) is 9.28. The number of benzene rings is 3. The van der Waals surface area contributed by atoms with Crippen molar-refractivity contribution < 1.29 is 28.4 Å². The van der Waals surface area contributed by atoms with E-state index in [4.69, 9.17) is 28.4 Å². The monoisotopic (exact) mass is 489 g/mol. The molecule has 0 radical (unpaired) electrons. The molecule has 0 bridgehead atoms. The number of fused-ring (bicyclic) bond motifs is 3. The highest BCUT2D eigenvalue weighted by Crippen LogP contribution is 2.55. The molecule has 3 heterocycles. The van der Waals surface area contributed by atoms with Gasteiger partial charge in [0.15, 0.2) is 23.0 Å². The molecule has 0 aliphatic carbocycles. The fourth-order valence-electron chi connectivity index (χ4n) is 5.85. The fraction of sp³-hybridized carbons (Fsp3) is 0.379. The highest BCUT2D eigenvalue weighted by atomic mass is 16.7. The van der Waals surface area contributed by atoms with Crippen molar-refractivity contribution in [2.45, 2.75) is 31.6 Å². The van der Waals surface area contributed by atoms with E-state index >= 15 is 0 Å². The van der Waals surface area contributed by atoms with Crippen molar-refractivity contribution in [3.05, 3.63) is 76.3 Å². The Hall–Kier alpha value is -3.42. The summed E-state index contributed by atoms with van der Waals surface area (Å²) >= 11 is 0. The second kappa shape index (κ2) is 9.56. The van der Waals surface area contributed by atoms with Gasteiger partial charge < -0.3 is 28.4 Å². The average molecular weight is 490 g/mol. The molecule has 3 aliphatic heterocycles. The molecule has 3 aliphatic rings. The summed E-state index contributed by atoms with van der Waals surface area (Å²) in [5, 5.41) is 0. The zero-order chi connectivity index (χ0) is 24.6. The van der Waals surface area contributed by atoms with Crippen molar-refractivity contribution in [3.8, 4) is 28.7 Å². The molecule has 0 amide bonds. The van der Waals surface area contributed by atoms with Gasteiger partial charge in [0.05, 0.1) is 34.0 Å². The van der Waals surface area contributed by atoms with Gasteiger partial charge in [-0.15, -0.1) is 0 Å². The van der Waals surface area contributed by atoms with Crippen LogP contribution in [0.3, 0.4) is 0 Å². The summed E-state index contributed by atoms with van der Waals surface area (Å²) in [4.78, 5) is 2.52. The average Bonchev–Trinajstić information content (AvgIpc) is 3.57. The molecule has 0 N–H and O–H groups in total. The second-order valence-corrected chi connectivity index (χ2v) is 9.28. The number of methoxy groups -OCH3 is 3. The summed E-state index contributed by atoms with van der Waals surface area (Å²) in [7, 11) is 5.04. The van der Waals surface area contributed by atoms with E-state index in [-0.39, 0.29) is 18.9 Å². The molecule has 0 unspecified atom stereocenters. The van der Waals surface area contributed by atoms with Gasteiger partial charge in [0.2, 0.25) is 12.5 Å². The van der Waals surface area contributed by atoms with Crippen molar-refractivity contribution in [3.63, 3.8) is 0 Å². The first kappa shape index (κ1) is 23.0. The van der Waals surface area contributed by atoms with Crippen molar-refractivity contribution >= 4 is 0 Å². The molecule has 3 aromatic rings. The van der Waals surface area contributed by atoms with Crippen LogP contribution >= 0.6 is 0 Å². The van der Waals surface area contributed by atoms with Crippen LogP contribution in [0.2, 0.25) is 0 Å². The van der Waals surface area contributed by atoms with Crippen LogP contribution in [0.4, 0.5) is 0 Å². The molecule has 3 aromatic carbocycles. The van der Waals surface area contributed by atoms with Crippen LogP contribution in [0.25, 0.3) is 0 Å². The van der Waals surface area contributed by atoms with Crippen LogP contribution in [-0.2, 0) is 24.2 Å². The number of hydrogen-bond donors (Lipinski definition) is 0. The van der Waals surface area contributed by atoms with Gasteiger partial charge in [-0.2, -0.15) is 0 Å². The minimum Gasteiger partial charge on any atom is -0.493 e. The minimum atomic E-state index is -0.191. The zero-order valence-corrected chi connectivity index (χ0v) is 20.9. The van der Waals surface area contributed by atoms with E-state index in [1.807, 2.05) is 6.07 Å². The third-order valence-corrected chi connectivity index (χ3v) is 7.52. The van der Waals surface area contributed by atoms with E-state index in [0.29, 0.717) is 18.1 Å². The molecule has 36 heavy (non-hydrogen) atoms. The Labute approximate surface area is 211 Å². The largest absolute Gasteiger partial charge is 0.493 e. The first-order valence-electron chi connectivity index (χ1n) is 12.4. The summed E-state index contributed by atoms with van der Waals surface area (Å²) in [6, 6.07) is 16.8. The molecule has 7 nitrogen and oxygen atoms in total. The van der Waals surface area contributed by atoms with Gasteiger partial charge in [0.1, 0.15) is 6.10 Å². The number of hydrogen-bond acceptors (Lipinski definition) is 7. The topological polar surface area (TPSA) is 58.6 Å². The number of ether oxygens (including phenoxy) is 6. The Morgan fingerprint density at radius 1 is 0.944 bits per heavy atom. The van der Waals surface area contributed by atoms with Crippen LogP contribution in [0.1, 0.15) is 40.0 Å². The van der Waals surface area contributed by atoms with Crippen LogP contribution in [0.5, 0.6) is 28.7 Å². The molecular formula is C29H31NO6. The standard InChI is InChI=1S/C29H31NO6/c1-31-22-10-9-20-21(26(22)32-2)16-34-27(20)25-24-19(15-23-28(29(24)33-3)36-17-35-23)12-14-30(25)13-11-18-7-5-4-6-8-18/h4-10,15,25,27H,11-14,16-17H2,1-3H3/t25-,27+/m1/s1. The normalized spacial score (nSPS) is 20.1. The van der Waals surface area contributed by atoms with Gasteiger partial charge in [0.25, 0.3) is 0 Å². The fourth-order valence-corrected chi connectivity index (χ4v) is 5.85. The zero-order valence-electron chi connectivity index (χ0n) is 20.9. The molecule has 7 heteroatoms. The smallest absolute Gasteiger partial charge is 0.231 e. The third-order valence-electron chi connectivity index (χ3n) is 7.52. The summed E-state index contributed by atoms with van der Waals surface area (Å²) < 4.78 is 35.4. The van der Waals surface area contributed by atoms with Crippen LogP contribution < -0.4 is 23.7 Å². The predicted octanol–water partition coefficient (Wildman–Crippen LogP) is 4.85. The summed E-state index contributed by atoms with van der Waals surface area (Å²) in [6.07, 6.45) is 1.66. The third kappa shape index (κ3) is 3.74. The van der Waals surface area contributed by atoms with E-state index < -0.39 is 0 Å². The van der Waals surface area contributed by atoms with E-state index in [2.05, 4.69) is 47.4 Å². The molecule has 188 valence electrons. The molecule has 0 fully saturated rings. The maximum Gasteiger partial charge on any atom is 0.231 e. The van der Waals surface area contributed by atoms with E-state index in [1.165, 1.54) is 11.1 Å². The maximum absolute atomic E-state index is 6.56.